The number of nitrogens with zero attached hydrogens (tertiary/aromatic N) is 1. The van der Waals surface area contributed by atoms with Crippen molar-refractivity contribution >= 4 is 35.3 Å². The zero-order chi connectivity index (χ0) is 15.9. The van der Waals surface area contributed by atoms with Crippen LogP contribution in [0.1, 0.15) is 29.3 Å². The first-order valence-electron chi connectivity index (χ1n) is 7.27. The third-order valence-electron chi connectivity index (χ3n) is 2.82. The highest BCUT2D eigenvalue weighted by molar-refractivity contribution is 7.09. The number of thiazole rings is 1. The van der Waals surface area contributed by atoms with Gasteiger partial charge in [0.2, 0.25) is 0 Å². The van der Waals surface area contributed by atoms with Crippen LogP contribution in [-0.4, -0.2) is 24.0 Å². The average molecular weight is 356 g/mol. The van der Waals surface area contributed by atoms with Gasteiger partial charge < -0.3 is 15.8 Å². The largest absolute Gasteiger partial charge is 0.493 e. The number of benzene rings is 1. The molecule has 0 radical (unpaired) electrons. The number of hydrogen-bond donors (Lipinski definition) is 2. The topological polar surface area (TPSA) is 77.2 Å². The minimum atomic E-state index is -0.222. The number of aromatic nitrogens is 1. The molecule has 0 unspecified atom stereocenters. The zero-order valence-corrected chi connectivity index (χ0v) is 14.9. The lowest BCUT2D eigenvalue weighted by Crippen LogP contribution is -2.13. The molecule has 1 amide bonds. The second-order valence-corrected chi connectivity index (χ2v) is 6.29. The Morgan fingerprint density at radius 1 is 1.43 bits per heavy atom. The van der Waals surface area contributed by atoms with Crippen LogP contribution in [0.25, 0.3) is 0 Å². The lowest BCUT2D eigenvalue weighted by molar-refractivity contribution is 0.102. The molecule has 0 aliphatic rings. The third-order valence-corrected chi connectivity index (χ3v) is 3.73. The van der Waals surface area contributed by atoms with Gasteiger partial charge in [-0.25, -0.2) is 4.98 Å². The van der Waals surface area contributed by atoms with Gasteiger partial charge in [-0.3, -0.25) is 4.79 Å². The molecule has 0 atom stereocenters. The van der Waals surface area contributed by atoms with Gasteiger partial charge in [0.25, 0.3) is 5.91 Å². The van der Waals surface area contributed by atoms with E-state index in [1.165, 1.54) is 11.3 Å². The minimum Gasteiger partial charge on any atom is -0.493 e. The van der Waals surface area contributed by atoms with Crippen LogP contribution in [-0.2, 0) is 6.42 Å². The van der Waals surface area contributed by atoms with E-state index in [-0.39, 0.29) is 18.3 Å². The molecule has 23 heavy (non-hydrogen) atoms. The summed E-state index contributed by atoms with van der Waals surface area (Å²) in [4.78, 5) is 16.4. The molecule has 0 fully saturated rings. The summed E-state index contributed by atoms with van der Waals surface area (Å²) in [5, 5.41) is 5.46. The molecule has 1 aromatic carbocycles. The van der Waals surface area contributed by atoms with Crippen molar-refractivity contribution in [1.29, 1.82) is 0 Å². The SMILES string of the molecule is CC(C)COc1cccc(NC(=O)c2csc(CCN)n2)c1.Cl. The van der Waals surface area contributed by atoms with Gasteiger partial charge in [-0.2, -0.15) is 0 Å². The van der Waals surface area contributed by atoms with Gasteiger partial charge in [-0.15, -0.1) is 23.7 Å². The van der Waals surface area contributed by atoms with E-state index in [1.54, 1.807) is 5.38 Å². The predicted octanol–water partition coefficient (Wildman–Crippen LogP) is 3.35. The number of anilines is 1. The number of nitrogens with one attached hydrogen (secondary N) is 1. The molecule has 0 saturated heterocycles. The lowest BCUT2D eigenvalue weighted by Gasteiger charge is -2.10. The number of rotatable bonds is 7. The molecule has 0 aliphatic heterocycles. The van der Waals surface area contributed by atoms with E-state index >= 15 is 0 Å². The number of ether oxygens (including phenoxy) is 1. The molecule has 0 spiro atoms. The summed E-state index contributed by atoms with van der Waals surface area (Å²) >= 11 is 1.45. The van der Waals surface area contributed by atoms with Gasteiger partial charge in [0, 0.05) is 23.6 Å². The number of amides is 1. The van der Waals surface area contributed by atoms with Crippen molar-refractivity contribution in [3.8, 4) is 5.75 Å². The normalized spacial score (nSPS) is 10.3. The smallest absolute Gasteiger partial charge is 0.275 e. The van der Waals surface area contributed by atoms with E-state index in [2.05, 4.69) is 24.1 Å². The van der Waals surface area contributed by atoms with Gasteiger partial charge >= 0.3 is 0 Å². The van der Waals surface area contributed by atoms with Crippen LogP contribution < -0.4 is 15.8 Å². The van der Waals surface area contributed by atoms with Gasteiger partial charge in [0.1, 0.15) is 11.4 Å². The number of carbonyl (C=O) groups excluding carboxylic acids is 1. The molecule has 0 saturated carbocycles. The van der Waals surface area contributed by atoms with E-state index < -0.39 is 0 Å². The van der Waals surface area contributed by atoms with Crippen molar-refractivity contribution in [2.45, 2.75) is 20.3 Å². The maximum absolute atomic E-state index is 12.2. The zero-order valence-electron chi connectivity index (χ0n) is 13.2. The first-order valence-corrected chi connectivity index (χ1v) is 8.15. The Kier molecular flexibility index (Phi) is 8.02. The number of halogens is 1. The molecule has 2 rings (SSSR count). The molecule has 7 heteroatoms. The fourth-order valence-electron chi connectivity index (χ4n) is 1.78. The Hall–Kier alpha value is -1.63. The van der Waals surface area contributed by atoms with Crippen LogP contribution in [0.5, 0.6) is 5.75 Å². The van der Waals surface area contributed by atoms with E-state index in [0.717, 1.165) is 10.8 Å². The third kappa shape index (κ3) is 6.17. The van der Waals surface area contributed by atoms with Gasteiger partial charge in [-0.05, 0) is 24.6 Å². The first kappa shape index (κ1) is 19.4. The number of nitrogens with two attached hydrogens (primary N) is 1. The summed E-state index contributed by atoms with van der Waals surface area (Å²) in [6.45, 7) is 5.36. The predicted molar refractivity (Wildman–Crippen MR) is 96.8 cm³/mol. The summed E-state index contributed by atoms with van der Waals surface area (Å²) < 4.78 is 5.65. The van der Waals surface area contributed by atoms with Crippen molar-refractivity contribution in [2.24, 2.45) is 11.7 Å². The lowest BCUT2D eigenvalue weighted by atomic mass is 10.2. The second kappa shape index (κ2) is 9.50. The van der Waals surface area contributed by atoms with Crippen LogP contribution >= 0.6 is 23.7 Å². The highest BCUT2D eigenvalue weighted by atomic mass is 35.5. The molecule has 3 N–H and O–H groups in total. The van der Waals surface area contributed by atoms with Crippen LogP contribution in [0.3, 0.4) is 0 Å². The van der Waals surface area contributed by atoms with Crippen molar-refractivity contribution in [2.75, 3.05) is 18.5 Å². The Morgan fingerprint density at radius 3 is 2.91 bits per heavy atom. The highest BCUT2D eigenvalue weighted by Gasteiger charge is 2.11. The maximum Gasteiger partial charge on any atom is 0.275 e. The highest BCUT2D eigenvalue weighted by Crippen LogP contribution is 2.19. The monoisotopic (exact) mass is 355 g/mol. The Balaban J connectivity index is 0.00000264. The van der Waals surface area contributed by atoms with E-state index in [9.17, 15) is 4.79 Å². The Morgan fingerprint density at radius 2 is 2.22 bits per heavy atom. The van der Waals surface area contributed by atoms with E-state index in [4.69, 9.17) is 10.5 Å². The molecule has 5 nitrogen and oxygen atoms in total. The van der Waals surface area contributed by atoms with Crippen LogP contribution in [0.15, 0.2) is 29.6 Å². The fourth-order valence-corrected chi connectivity index (χ4v) is 2.57. The molecule has 0 aliphatic carbocycles. The van der Waals surface area contributed by atoms with E-state index in [1.807, 2.05) is 24.3 Å². The number of hydrogen-bond acceptors (Lipinski definition) is 5. The molecular weight excluding hydrogens is 334 g/mol. The first-order chi connectivity index (χ1) is 10.6. The maximum atomic E-state index is 12.2. The minimum absolute atomic E-state index is 0. The molecule has 2 aromatic rings. The quantitative estimate of drug-likeness (QED) is 0.798. The van der Waals surface area contributed by atoms with Crippen LogP contribution in [0, 0.1) is 5.92 Å². The summed E-state index contributed by atoms with van der Waals surface area (Å²) in [6.07, 6.45) is 0.691. The number of carbonyl (C=O) groups is 1. The average Bonchev–Trinajstić information content (AvgIpc) is 2.95. The van der Waals surface area contributed by atoms with Gasteiger partial charge in [0.05, 0.1) is 11.6 Å². The Labute approximate surface area is 146 Å². The summed E-state index contributed by atoms with van der Waals surface area (Å²) in [5.74, 6) is 0.975. The van der Waals surface area contributed by atoms with Crippen molar-refractivity contribution in [1.82, 2.24) is 4.98 Å². The van der Waals surface area contributed by atoms with Gasteiger partial charge in [0.15, 0.2) is 0 Å². The molecule has 1 aromatic heterocycles. The summed E-state index contributed by atoms with van der Waals surface area (Å²) in [5.41, 5.74) is 6.60. The van der Waals surface area contributed by atoms with Crippen LogP contribution in [0.4, 0.5) is 5.69 Å². The van der Waals surface area contributed by atoms with Gasteiger partial charge in [-0.1, -0.05) is 19.9 Å². The fraction of sp³-hybridized carbons (Fsp3) is 0.375. The molecule has 126 valence electrons. The van der Waals surface area contributed by atoms with E-state index in [0.29, 0.717) is 36.9 Å². The van der Waals surface area contributed by atoms with Crippen molar-refractivity contribution in [3.63, 3.8) is 0 Å². The van der Waals surface area contributed by atoms with Crippen molar-refractivity contribution in [3.05, 3.63) is 40.3 Å². The van der Waals surface area contributed by atoms with Crippen molar-refractivity contribution < 1.29 is 9.53 Å². The summed E-state index contributed by atoms with van der Waals surface area (Å²) in [6, 6.07) is 7.37. The standard InChI is InChI=1S/C16H21N3O2S.ClH/c1-11(2)9-21-13-5-3-4-12(8-13)18-16(20)14-10-22-15(19-14)6-7-17;/h3-5,8,10-11H,6-7,9,17H2,1-2H3,(H,18,20);1H. The Bertz CT molecular complexity index is 631. The molecule has 1 heterocycles. The summed E-state index contributed by atoms with van der Waals surface area (Å²) in [7, 11) is 0. The molecule has 0 bridgehead atoms. The second-order valence-electron chi connectivity index (χ2n) is 5.35. The van der Waals surface area contributed by atoms with Crippen LogP contribution in [0.2, 0.25) is 0 Å². The molecular formula is C16H22ClN3O2S.